The number of nitrogens with one attached hydrogen (secondary N) is 1. The van der Waals surface area contributed by atoms with Crippen molar-refractivity contribution in [2.45, 2.75) is 45.5 Å². The van der Waals surface area contributed by atoms with Crippen LogP contribution in [0.5, 0.6) is 0 Å². The number of hydrogen-bond acceptors (Lipinski definition) is 2. The van der Waals surface area contributed by atoms with Crippen LogP contribution in [0, 0.1) is 0 Å². The van der Waals surface area contributed by atoms with Gasteiger partial charge < -0.3 is 10.1 Å². The summed E-state index contributed by atoms with van der Waals surface area (Å²) < 4.78 is 18.0. The quantitative estimate of drug-likeness (QED) is 0.800. The second kappa shape index (κ2) is 5.53. The van der Waals surface area contributed by atoms with E-state index in [-0.39, 0.29) is 5.33 Å². The molecule has 0 heterocycles. The van der Waals surface area contributed by atoms with E-state index in [0.29, 0.717) is 0 Å². The molecule has 0 aliphatic heterocycles. The number of carbonyl (C=O) groups excluding carboxylic acids is 1. The van der Waals surface area contributed by atoms with E-state index in [1.165, 1.54) is 0 Å². The van der Waals surface area contributed by atoms with Crippen molar-refractivity contribution < 1.29 is 13.9 Å². The molecule has 0 saturated carbocycles. The minimum atomic E-state index is -1.11. The largest absolute Gasteiger partial charge is 0.444 e. The Labute approximate surface area is 92.5 Å². The van der Waals surface area contributed by atoms with Crippen LogP contribution >= 0.6 is 15.9 Å². The Morgan fingerprint density at radius 3 is 2.43 bits per heavy atom. The number of hydrogen-bond donors (Lipinski definition) is 1. The lowest BCUT2D eigenvalue weighted by Crippen LogP contribution is -2.42. The lowest BCUT2D eigenvalue weighted by atomic mass is 10.2. The van der Waals surface area contributed by atoms with E-state index in [4.69, 9.17) is 4.74 Å². The van der Waals surface area contributed by atoms with Gasteiger partial charge in [0.2, 0.25) is 0 Å². The number of alkyl halides is 2. The van der Waals surface area contributed by atoms with Crippen LogP contribution in [-0.4, -0.2) is 29.2 Å². The van der Waals surface area contributed by atoms with E-state index >= 15 is 0 Å². The van der Waals surface area contributed by atoms with E-state index in [1.807, 2.05) is 0 Å². The first kappa shape index (κ1) is 13.7. The molecule has 14 heavy (non-hydrogen) atoms. The molecule has 0 spiro atoms. The molecule has 1 unspecified atom stereocenters. The predicted octanol–water partition coefficient (Wildman–Crippen LogP) is 2.63. The van der Waals surface area contributed by atoms with Crippen LogP contribution in [0.4, 0.5) is 9.18 Å². The summed E-state index contributed by atoms with van der Waals surface area (Å²) in [6.45, 7) is 6.87. The van der Waals surface area contributed by atoms with Crippen LogP contribution < -0.4 is 5.32 Å². The average molecular weight is 270 g/mol. The van der Waals surface area contributed by atoms with Crippen molar-refractivity contribution in [2.75, 3.05) is 5.33 Å². The Bertz CT molecular complexity index is 194. The smallest absolute Gasteiger partial charge is 0.407 e. The molecule has 5 heteroatoms. The maximum atomic E-state index is 13.0. The van der Waals surface area contributed by atoms with Gasteiger partial charge in [-0.2, -0.15) is 0 Å². The Morgan fingerprint density at radius 2 is 2.07 bits per heavy atom. The third kappa shape index (κ3) is 6.18. The van der Waals surface area contributed by atoms with Crippen molar-refractivity contribution in [3.05, 3.63) is 0 Å². The molecule has 3 nitrogen and oxygen atoms in total. The Balaban J connectivity index is 3.95. The van der Waals surface area contributed by atoms with Gasteiger partial charge in [-0.15, -0.1) is 0 Å². The topological polar surface area (TPSA) is 38.3 Å². The highest BCUT2D eigenvalue weighted by molar-refractivity contribution is 9.09. The number of carbonyl (C=O) groups is 1. The van der Waals surface area contributed by atoms with Gasteiger partial charge in [0.25, 0.3) is 0 Å². The van der Waals surface area contributed by atoms with Gasteiger partial charge in [-0.05, 0) is 27.7 Å². The molecule has 84 valence electrons. The summed E-state index contributed by atoms with van der Waals surface area (Å²) in [6.07, 6.45) is -1.70. The molecule has 1 N–H and O–H groups in total. The van der Waals surface area contributed by atoms with E-state index in [0.717, 1.165) is 0 Å². The summed E-state index contributed by atoms with van der Waals surface area (Å²) in [6, 6.07) is -0.552. The fourth-order valence-corrected chi connectivity index (χ4v) is 1.28. The number of rotatable bonds is 3. The molecule has 0 radical (unpaired) electrons. The van der Waals surface area contributed by atoms with Crippen molar-refractivity contribution in [3.8, 4) is 0 Å². The average Bonchev–Trinajstić information content (AvgIpc) is 1.99. The first-order valence-corrected chi connectivity index (χ1v) is 5.58. The first-order chi connectivity index (χ1) is 6.26. The summed E-state index contributed by atoms with van der Waals surface area (Å²) in [5.74, 6) is 0. The molecule has 0 saturated heterocycles. The van der Waals surface area contributed by atoms with Crippen LogP contribution in [0.3, 0.4) is 0 Å². The Morgan fingerprint density at radius 1 is 1.57 bits per heavy atom. The van der Waals surface area contributed by atoms with Gasteiger partial charge in [0.1, 0.15) is 11.8 Å². The van der Waals surface area contributed by atoms with Crippen molar-refractivity contribution in [3.63, 3.8) is 0 Å². The normalized spacial score (nSPS) is 15.9. The predicted molar refractivity (Wildman–Crippen MR) is 57.5 cm³/mol. The van der Waals surface area contributed by atoms with Gasteiger partial charge in [-0.1, -0.05) is 15.9 Å². The molecule has 0 rings (SSSR count). The second-order valence-electron chi connectivity index (χ2n) is 4.11. The van der Waals surface area contributed by atoms with Crippen molar-refractivity contribution in [2.24, 2.45) is 0 Å². The SMILES string of the molecule is C[C@@H](NC(=O)OC(C)(C)C)C(F)CBr. The maximum absolute atomic E-state index is 13.0. The summed E-state index contributed by atoms with van der Waals surface area (Å²) in [5, 5.41) is 2.62. The summed E-state index contributed by atoms with van der Waals surface area (Å²) in [4.78, 5) is 11.2. The third-order valence-electron chi connectivity index (χ3n) is 1.43. The molecule has 2 atom stereocenters. The number of alkyl carbamates (subject to hydrolysis) is 1. The van der Waals surface area contributed by atoms with Crippen molar-refractivity contribution in [1.82, 2.24) is 5.32 Å². The van der Waals surface area contributed by atoms with E-state index in [9.17, 15) is 9.18 Å². The molecule has 0 aliphatic rings. The summed E-state index contributed by atoms with van der Waals surface area (Å²) in [5.41, 5.74) is -0.552. The van der Waals surface area contributed by atoms with Gasteiger partial charge in [-0.3, -0.25) is 0 Å². The lowest BCUT2D eigenvalue weighted by Gasteiger charge is -2.22. The molecule has 0 aromatic heterocycles. The fourth-order valence-electron chi connectivity index (χ4n) is 0.718. The van der Waals surface area contributed by atoms with E-state index < -0.39 is 23.9 Å². The highest BCUT2D eigenvalue weighted by atomic mass is 79.9. The van der Waals surface area contributed by atoms with Gasteiger partial charge in [0, 0.05) is 5.33 Å². The summed E-state index contributed by atoms with van der Waals surface area (Å²) >= 11 is 3.00. The van der Waals surface area contributed by atoms with Crippen molar-refractivity contribution in [1.29, 1.82) is 0 Å². The number of ether oxygens (including phenoxy) is 1. The molecule has 0 aromatic rings. The fraction of sp³-hybridized carbons (Fsp3) is 0.889. The molecular formula is C9H17BrFNO2. The first-order valence-electron chi connectivity index (χ1n) is 4.46. The standard InChI is InChI=1S/C9H17BrFNO2/c1-6(7(11)5-10)12-8(13)14-9(2,3)4/h6-7H,5H2,1-4H3,(H,12,13)/t6-,7?/m1/s1. The minimum Gasteiger partial charge on any atom is -0.444 e. The highest BCUT2D eigenvalue weighted by Crippen LogP contribution is 2.08. The molecule has 0 bridgehead atoms. The zero-order chi connectivity index (χ0) is 11.4. The highest BCUT2D eigenvalue weighted by Gasteiger charge is 2.21. The van der Waals surface area contributed by atoms with Gasteiger partial charge >= 0.3 is 6.09 Å². The van der Waals surface area contributed by atoms with Gasteiger partial charge in [0.15, 0.2) is 0 Å². The molecular weight excluding hydrogens is 253 g/mol. The maximum Gasteiger partial charge on any atom is 0.407 e. The number of halogens is 2. The molecule has 0 fully saturated rings. The van der Waals surface area contributed by atoms with Crippen LogP contribution in [0.1, 0.15) is 27.7 Å². The lowest BCUT2D eigenvalue weighted by molar-refractivity contribution is 0.0486. The van der Waals surface area contributed by atoms with Gasteiger partial charge in [0.05, 0.1) is 6.04 Å². The second-order valence-corrected chi connectivity index (χ2v) is 4.75. The number of amides is 1. The van der Waals surface area contributed by atoms with Crippen LogP contribution in [-0.2, 0) is 4.74 Å². The third-order valence-corrected chi connectivity index (χ3v) is 2.05. The zero-order valence-electron chi connectivity index (χ0n) is 8.93. The van der Waals surface area contributed by atoms with Gasteiger partial charge in [-0.25, -0.2) is 9.18 Å². The van der Waals surface area contributed by atoms with Crippen LogP contribution in [0.25, 0.3) is 0 Å². The Kier molecular flexibility index (Phi) is 5.41. The summed E-state index contributed by atoms with van der Waals surface area (Å²) in [7, 11) is 0. The molecule has 0 aliphatic carbocycles. The minimum absolute atomic E-state index is 0.198. The monoisotopic (exact) mass is 269 g/mol. The van der Waals surface area contributed by atoms with Crippen LogP contribution in [0.2, 0.25) is 0 Å². The van der Waals surface area contributed by atoms with E-state index in [1.54, 1.807) is 27.7 Å². The zero-order valence-corrected chi connectivity index (χ0v) is 10.5. The van der Waals surface area contributed by atoms with E-state index in [2.05, 4.69) is 21.2 Å². The van der Waals surface area contributed by atoms with Crippen LogP contribution in [0.15, 0.2) is 0 Å². The Hall–Kier alpha value is -0.320. The molecule has 1 amide bonds. The van der Waals surface area contributed by atoms with Crippen molar-refractivity contribution >= 4 is 22.0 Å². The molecule has 0 aromatic carbocycles.